The van der Waals surface area contributed by atoms with Crippen molar-refractivity contribution in [1.82, 2.24) is 5.32 Å². The van der Waals surface area contributed by atoms with Crippen LogP contribution in [0.4, 0.5) is 0 Å². The number of halogens is 1. The molecule has 1 N–H and O–H groups in total. The Bertz CT molecular complexity index is 467. The van der Waals surface area contributed by atoms with Gasteiger partial charge in [0.15, 0.2) is 0 Å². The van der Waals surface area contributed by atoms with Crippen LogP contribution in [0.15, 0.2) is 24.3 Å². The molecule has 0 aliphatic carbocycles. The fraction of sp³-hybridized carbons (Fsp3) is 0.429. The van der Waals surface area contributed by atoms with Gasteiger partial charge in [0.25, 0.3) is 5.91 Å². The number of esters is 1. The molecule has 6 heteroatoms. The summed E-state index contributed by atoms with van der Waals surface area (Å²) in [5.74, 6) is 0.379. The van der Waals surface area contributed by atoms with E-state index in [1.165, 1.54) is 7.11 Å². The molecule has 0 aliphatic heterocycles. The van der Waals surface area contributed by atoms with Crippen LogP contribution in [-0.2, 0) is 15.4 Å². The van der Waals surface area contributed by atoms with Gasteiger partial charge in [-0.2, -0.15) is 11.8 Å². The predicted octanol–water partition coefficient (Wildman–Crippen LogP) is 2.45. The van der Waals surface area contributed by atoms with Crippen molar-refractivity contribution in [2.75, 3.05) is 19.1 Å². The molecule has 0 radical (unpaired) electrons. The molecule has 20 heavy (non-hydrogen) atoms. The van der Waals surface area contributed by atoms with Crippen molar-refractivity contribution in [2.24, 2.45) is 0 Å². The molecule has 0 spiro atoms. The zero-order valence-corrected chi connectivity index (χ0v) is 13.1. The van der Waals surface area contributed by atoms with Crippen molar-refractivity contribution < 1.29 is 14.3 Å². The summed E-state index contributed by atoms with van der Waals surface area (Å²) in [6.07, 6.45) is 2.48. The average molecular weight is 316 g/mol. The van der Waals surface area contributed by atoms with Crippen molar-refractivity contribution >= 4 is 35.2 Å². The van der Waals surface area contributed by atoms with Crippen molar-refractivity contribution in [2.45, 2.75) is 18.3 Å². The number of rotatable bonds is 7. The number of thioether (sulfide) groups is 1. The second-order valence-electron chi connectivity index (χ2n) is 4.16. The van der Waals surface area contributed by atoms with Gasteiger partial charge in [-0.15, -0.1) is 11.6 Å². The monoisotopic (exact) mass is 315 g/mol. The second-order valence-corrected chi connectivity index (χ2v) is 5.42. The number of carbonyl (C=O) groups is 2. The van der Waals surface area contributed by atoms with Crippen LogP contribution in [0.2, 0.25) is 0 Å². The minimum absolute atomic E-state index is 0.298. The Morgan fingerprint density at radius 3 is 2.80 bits per heavy atom. The Morgan fingerprint density at radius 1 is 1.45 bits per heavy atom. The van der Waals surface area contributed by atoms with Gasteiger partial charge in [-0.1, -0.05) is 12.1 Å². The highest BCUT2D eigenvalue weighted by molar-refractivity contribution is 7.98. The molecule has 0 fully saturated rings. The van der Waals surface area contributed by atoms with Crippen LogP contribution in [0.25, 0.3) is 0 Å². The van der Waals surface area contributed by atoms with Crippen LogP contribution in [0.1, 0.15) is 22.3 Å². The molecule has 1 unspecified atom stereocenters. The molecule has 0 saturated heterocycles. The molecule has 1 aromatic carbocycles. The van der Waals surface area contributed by atoms with E-state index in [9.17, 15) is 9.59 Å². The van der Waals surface area contributed by atoms with Gasteiger partial charge < -0.3 is 10.1 Å². The SMILES string of the molecule is COC(=O)C(CCSC)NC(=O)c1cccc(CCl)c1. The number of hydrogen-bond acceptors (Lipinski definition) is 4. The molecule has 1 amide bonds. The third-order valence-electron chi connectivity index (χ3n) is 2.75. The summed E-state index contributed by atoms with van der Waals surface area (Å²) in [5, 5.41) is 2.70. The number of nitrogens with one attached hydrogen (secondary N) is 1. The largest absolute Gasteiger partial charge is 0.467 e. The normalized spacial score (nSPS) is 11.8. The number of carbonyl (C=O) groups excluding carboxylic acids is 2. The Balaban J connectivity index is 2.75. The van der Waals surface area contributed by atoms with E-state index in [2.05, 4.69) is 5.32 Å². The fourth-order valence-corrected chi connectivity index (χ4v) is 2.30. The Kier molecular flexibility index (Phi) is 7.47. The van der Waals surface area contributed by atoms with Gasteiger partial charge in [-0.25, -0.2) is 4.79 Å². The highest BCUT2D eigenvalue weighted by Gasteiger charge is 2.21. The Labute approximate surface area is 128 Å². The van der Waals surface area contributed by atoms with E-state index in [4.69, 9.17) is 16.3 Å². The molecule has 0 heterocycles. The van der Waals surface area contributed by atoms with Crippen LogP contribution in [0.5, 0.6) is 0 Å². The van der Waals surface area contributed by atoms with E-state index in [0.29, 0.717) is 17.9 Å². The lowest BCUT2D eigenvalue weighted by Gasteiger charge is -2.16. The molecule has 1 aromatic rings. The first-order valence-corrected chi connectivity index (χ1v) is 8.07. The summed E-state index contributed by atoms with van der Waals surface area (Å²) < 4.78 is 4.71. The van der Waals surface area contributed by atoms with Crippen molar-refractivity contribution in [3.8, 4) is 0 Å². The van der Waals surface area contributed by atoms with Crippen LogP contribution in [-0.4, -0.2) is 37.0 Å². The standard InChI is InChI=1S/C14H18ClNO3S/c1-19-14(18)12(6-7-20-2)16-13(17)11-5-3-4-10(8-11)9-15/h3-5,8,12H,6-7,9H2,1-2H3,(H,16,17). The Hall–Kier alpha value is -1.20. The first-order chi connectivity index (χ1) is 9.62. The van der Waals surface area contributed by atoms with Crippen molar-refractivity contribution in [3.63, 3.8) is 0 Å². The molecule has 0 aromatic heterocycles. The van der Waals surface area contributed by atoms with Gasteiger partial charge in [0.05, 0.1) is 7.11 Å². The van der Waals surface area contributed by atoms with Gasteiger partial charge >= 0.3 is 5.97 Å². The minimum Gasteiger partial charge on any atom is -0.467 e. The van der Waals surface area contributed by atoms with Crippen LogP contribution in [0, 0.1) is 0 Å². The second kappa shape index (κ2) is 8.87. The minimum atomic E-state index is -0.625. The number of benzene rings is 1. The van der Waals surface area contributed by atoms with E-state index in [-0.39, 0.29) is 5.91 Å². The maximum Gasteiger partial charge on any atom is 0.328 e. The van der Waals surface area contributed by atoms with E-state index in [0.717, 1.165) is 11.3 Å². The average Bonchev–Trinajstić information content (AvgIpc) is 2.50. The van der Waals surface area contributed by atoms with Crippen LogP contribution in [0.3, 0.4) is 0 Å². The molecule has 0 saturated carbocycles. The zero-order valence-electron chi connectivity index (χ0n) is 11.5. The number of amides is 1. The summed E-state index contributed by atoms with van der Waals surface area (Å²) in [7, 11) is 1.31. The van der Waals surface area contributed by atoms with Gasteiger partial charge in [-0.05, 0) is 36.1 Å². The molecular formula is C14H18ClNO3S. The van der Waals surface area contributed by atoms with Crippen LogP contribution >= 0.6 is 23.4 Å². The van der Waals surface area contributed by atoms with Crippen LogP contribution < -0.4 is 5.32 Å². The smallest absolute Gasteiger partial charge is 0.328 e. The molecular weight excluding hydrogens is 298 g/mol. The topological polar surface area (TPSA) is 55.4 Å². The first-order valence-electron chi connectivity index (χ1n) is 6.15. The lowest BCUT2D eigenvalue weighted by molar-refractivity contribution is -0.142. The quantitative estimate of drug-likeness (QED) is 0.620. The van der Waals surface area contributed by atoms with Crippen molar-refractivity contribution in [1.29, 1.82) is 0 Å². The zero-order chi connectivity index (χ0) is 15.0. The summed E-state index contributed by atoms with van der Waals surface area (Å²) in [6, 6.07) is 6.39. The number of methoxy groups -OCH3 is 1. The lowest BCUT2D eigenvalue weighted by Crippen LogP contribution is -2.41. The summed E-state index contributed by atoms with van der Waals surface area (Å²) in [4.78, 5) is 23.8. The van der Waals surface area contributed by atoms with Gasteiger partial charge in [0, 0.05) is 11.4 Å². The molecule has 1 atom stereocenters. The summed E-state index contributed by atoms with van der Waals surface area (Å²) >= 11 is 7.35. The summed E-state index contributed by atoms with van der Waals surface area (Å²) in [6.45, 7) is 0. The number of hydrogen-bond donors (Lipinski definition) is 1. The van der Waals surface area contributed by atoms with E-state index in [1.54, 1.807) is 30.0 Å². The van der Waals surface area contributed by atoms with Crippen molar-refractivity contribution in [3.05, 3.63) is 35.4 Å². The maximum absolute atomic E-state index is 12.1. The highest BCUT2D eigenvalue weighted by Crippen LogP contribution is 2.09. The number of ether oxygens (including phenoxy) is 1. The molecule has 110 valence electrons. The fourth-order valence-electron chi connectivity index (χ4n) is 1.66. The van der Waals surface area contributed by atoms with E-state index >= 15 is 0 Å². The molecule has 0 bridgehead atoms. The molecule has 1 rings (SSSR count). The first kappa shape index (κ1) is 16.9. The lowest BCUT2D eigenvalue weighted by atomic mass is 10.1. The predicted molar refractivity (Wildman–Crippen MR) is 82.3 cm³/mol. The number of alkyl halides is 1. The highest BCUT2D eigenvalue weighted by atomic mass is 35.5. The van der Waals surface area contributed by atoms with Gasteiger partial charge in [-0.3, -0.25) is 4.79 Å². The van der Waals surface area contributed by atoms with E-state index in [1.807, 2.05) is 12.3 Å². The molecule has 0 aliphatic rings. The summed E-state index contributed by atoms with van der Waals surface area (Å²) in [5.41, 5.74) is 1.35. The third kappa shape index (κ3) is 5.06. The van der Waals surface area contributed by atoms with Gasteiger partial charge in [0.1, 0.15) is 6.04 Å². The Morgan fingerprint density at radius 2 is 2.20 bits per heavy atom. The molecule has 4 nitrogen and oxygen atoms in total. The third-order valence-corrected chi connectivity index (χ3v) is 3.70. The maximum atomic E-state index is 12.1. The van der Waals surface area contributed by atoms with Gasteiger partial charge in [0.2, 0.25) is 0 Å². The van der Waals surface area contributed by atoms with E-state index < -0.39 is 12.0 Å².